The Kier molecular flexibility index (Phi) is 6.11. The quantitative estimate of drug-likeness (QED) is 0.487. The predicted octanol–water partition coefficient (Wildman–Crippen LogP) is 3.57. The molecule has 168 valence electrons. The first-order valence-electron chi connectivity index (χ1n) is 10.4. The summed E-state index contributed by atoms with van der Waals surface area (Å²) >= 11 is 5.93. The van der Waals surface area contributed by atoms with E-state index in [1.165, 1.54) is 17.8 Å². The molecule has 0 aliphatic carbocycles. The molecule has 2 aromatic heterocycles. The predicted molar refractivity (Wildman–Crippen MR) is 129 cm³/mol. The summed E-state index contributed by atoms with van der Waals surface area (Å²) in [6, 6.07) is 14.4. The second kappa shape index (κ2) is 8.99. The minimum absolute atomic E-state index is 0.142. The number of benzene rings is 2. The number of anilines is 1. The maximum atomic E-state index is 13.0. The van der Waals surface area contributed by atoms with Gasteiger partial charge < -0.3 is 5.32 Å². The topological polar surface area (TPSA) is 98.9 Å². The van der Waals surface area contributed by atoms with Crippen molar-refractivity contribution in [1.82, 2.24) is 19.1 Å². The number of aryl methyl sites for hydroxylation is 1. The van der Waals surface area contributed by atoms with Gasteiger partial charge in [0.25, 0.3) is 5.56 Å². The molecule has 1 amide bonds. The van der Waals surface area contributed by atoms with E-state index in [1.54, 1.807) is 36.4 Å². The summed E-state index contributed by atoms with van der Waals surface area (Å²) in [6.45, 7) is 3.74. The van der Waals surface area contributed by atoms with Gasteiger partial charge in [-0.1, -0.05) is 37.6 Å². The van der Waals surface area contributed by atoms with E-state index in [4.69, 9.17) is 11.6 Å². The van der Waals surface area contributed by atoms with Gasteiger partial charge in [0.15, 0.2) is 11.5 Å². The zero-order valence-electron chi connectivity index (χ0n) is 18.4. The Bertz CT molecular complexity index is 1460. The molecule has 9 heteroatoms. The highest BCUT2D eigenvalue weighted by Gasteiger charge is 2.16. The first kappa shape index (κ1) is 22.4. The van der Waals surface area contributed by atoms with E-state index in [-0.39, 0.29) is 11.0 Å². The summed E-state index contributed by atoms with van der Waals surface area (Å²) < 4.78 is 2.12. The molecule has 4 aromatic rings. The van der Waals surface area contributed by atoms with Crippen LogP contribution in [0.3, 0.4) is 0 Å². The van der Waals surface area contributed by atoms with Gasteiger partial charge in [-0.25, -0.2) is 14.8 Å². The lowest BCUT2D eigenvalue weighted by atomic mass is 10.0. The molecule has 0 bridgehead atoms. The summed E-state index contributed by atoms with van der Waals surface area (Å²) in [4.78, 5) is 47.1. The number of amides is 1. The monoisotopic (exact) mass is 463 g/mol. The third-order valence-corrected chi connectivity index (χ3v) is 5.60. The third-order valence-electron chi connectivity index (χ3n) is 5.34. The second-order valence-electron chi connectivity index (χ2n) is 8.00. The maximum absolute atomic E-state index is 13.0. The van der Waals surface area contributed by atoms with Crippen molar-refractivity contribution in [3.8, 4) is 11.4 Å². The summed E-state index contributed by atoms with van der Waals surface area (Å²) in [7, 11) is 1.50. The summed E-state index contributed by atoms with van der Waals surface area (Å²) in [5.74, 6) is 0.245. The fourth-order valence-electron chi connectivity index (χ4n) is 3.46. The van der Waals surface area contributed by atoms with E-state index >= 15 is 0 Å². The lowest BCUT2D eigenvalue weighted by Gasteiger charge is -2.12. The number of carbonyl (C=O) groups is 1. The number of hydrogen-bond donors (Lipinski definition) is 1. The molecule has 2 aromatic carbocycles. The highest BCUT2D eigenvalue weighted by atomic mass is 35.5. The van der Waals surface area contributed by atoms with Gasteiger partial charge in [0.2, 0.25) is 5.91 Å². The number of nitrogens with one attached hydrogen (secondary N) is 1. The van der Waals surface area contributed by atoms with Crippen LogP contribution in [0.15, 0.2) is 64.3 Å². The Labute approximate surface area is 194 Å². The molecule has 0 unspecified atom stereocenters. The van der Waals surface area contributed by atoms with Crippen LogP contribution in [0, 0.1) is 0 Å². The van der Waals surface area contributed by atoms with Crippen LogP contribution in [0.2, 0.25) is 5.02 Å². The Hall–Kier alpha value is -3.78. The Balaban J connectivity index is 1.65. The van der Waals surface area contributed by atoms with Gasteiger partial charge in [-0.05, 0) is 47.9 Å². The average molecular weight is 464 g/mol. The number of rotatable bonds is 5. The van der Waals surface area contributed by atoms with E-state index < -0.39 is 23.7 Å². The van der Waals surface area contributed by atoms with Gasteiger partial charge in [-0.2, -0.15) is 0 Å². The number of halogens is 1. The summed E-state index contributed by atoms with van der Waals surface area (Å²) in [5, 5.41) is 3.44. The van der Waals surface area contributed by atoms with Crippen LogP contribution in [0.25, 0.3) is 22.4 Å². The fraction of sp³-hybridized carbons (Fsp3) is 0.208. The van der Waals surface area contributed by atoms with E-state index in [9.17, 15) is 14.4 Å². The van der Waals surface area contributed by atoms with Gasteiger partial charge in [-0.3, -0.25) is 18.7 Å². The molecule has 0 aliphatic rings. The van der Waals surface area contributed by atoms with Crippen molar-refractivity contribution in [2.45, 2.75) is 26.3 Å². The Morgan fingerprint density at radius 1 is 1.06 bits per heavy atom. The molecule has 2 heterocycles. The lowest BCUT2D eigenvalue weighted by Crippen LogP contribution is -2.42. The van der Waals surface area contributed by atoms with Crippen molar-refractivity contribution in [3.63, 3.8) is 0 Å². The normalized spacial score (nSPS) is 11.2. The van der Waals surface area contributed by atoms with Crippen LogP contribution >= 0.6 is 11.6 Å². The summed E-state index contributed by atoms with van der Waals surface area (Å²) in [6.07, 6.45) is 1.37. The average Bonchev–Trinajstić information content (AvgIpc) is 2.81. The zero-order chi connectivity index (χ0) is 23.7. The number of carbonyl (C=O) groups excluding carboxylic acids is 1. The largest absolute Gasteiger partial charge is 0.332 e. The molecule has 0 saturated carbocycles. The van der Waals surface area contributed by atoms with Crippen molar-refractivity contribution >= 4 is 34.2 Å². The van der Waals surface area contributed by atoms with Gasteiger partial charge in [0, 0.05) is 29.5 Å². The molecular formula is C24H22ClN5O3. The van der Waals surface area contributed by atoms with Gasteiger partial charge >= 0.3 is 5.69 Å². The second-order valence-corrected chi connectivity index (χ2v) is 8.43. The molecule has 0 saturated heterocycles. The van der Waals surface area contributed by atoms with Crippen LogP contribution < -0.4 is 16.6 Å². The molecule has 0 radical (unpaired) electrons. The molecule has 4 rings (SSSR count). The van der Waals surface area contributed by atoms with Crippen molar-refractivity contribution in [1.29, 1.82) is 0 Å². The van der Waals surface area contributed by atoms with Crippen molar-refractivity contribution in [2.24, 2.45) is 7.05 Å². The van der Waals surface area contributed by atoms with Crippen LogP contribution in [-0.2, 0) is 18.4 Å². The molecule has 0 atom stereocenters. The number of fused-ring (bicyclic) bond motifs is 1. The molecule has 33 heavy (non-hydrogen) atoms. The first-order chi connectivity index (χ1) is 15.7. The molecule has 0 fully saturated rings. The van der Waals surface area contributed by atoms with Gasteiger partial charge in [0.05, 0.1) is 0 Å². The number of hydrogen-bond acceptors (Lipinski definition) is 5. The van der Waals surface area contributed by atoms with E-state index in [0.717, 1.165) is 10.1 Å². The summed E-state index contributed by atoms with van der Waals surface area (Å²) in [5.41, 5.74) is 1.35. The zero-order valence-corrected chi connectivity index (χ0v) is 19.1. The Morgan fingerprint density at radius 2 is 1.73 bits per heavy atom. The number of aromatic nitrogens is 4. The fourth-order valence-corrected chi connectivity index (χ4v) is 3.58. The molecule has 0 spiro atoms. The number of nitrogens with zero attached hydrogens (tertiary/aromatic N) is 4. The molecule has 8 nitrogen and oxygen atoms in total. The van der Waals surface area contributed by atoms with E-state index in [0.29, 0.717) is 28.0 Å². The van der Waals surface area contributed by atoms with E-state index in [2.05, 4.69) is 29.1 Å². The van der Waals surface area contributed by atoms with Crippen molar-refractivity contribution in [2.75, 3.05) is 5.32 Å². The minimum atomic E-state index is -0.640. The standard InChI is InChI=1S/C24H22ClN5O3/c1-14(2)15-6-10-18(11-7-15)27-20(31)13-30-23(32)19-12-26-21(16-4-8-17(25)9-5-16)28-22(19)29(3)24(30)33/h4-12,14H,13H2,1-3H3,(H,27,31). The molecule has 0 aliphatic heterocycles. The smallest absolute Gasteiger partial charge is 0.325 e. The van der Waals surface area contributed by atoms with Crippen LogP contribution in [-0.4, -0.2) is 25.0 Å². The van der Waals surface area contributed by atoms with Crippen LogP contribution in [0.5, 0.6) is 0 Å². The Morgan fingerprint density at radius 3 is 2.36 bits per heavy atom. The molecule has 1 N–H and O–H groups in total. The highest BCUT2D eigenvalue weighted by molar-refractivity contribution is 6.30. The SMILES string of the molecule is CC(C)c1ccc(NC(=O)Cn2c(=O)c3cnc(-c4ccc(Cl)cc4)nc3n(C)c2=O)cc1. The van der Waals surface area contributed by atoms with E-state index in [1.807, 2.05) is 12.1 Å². The maximum Gasteiger partial charge on any atom is 0.332 e. The van der Waals surface area contributed by atoms with Gasteiger partial charge in [-0.15, -0.1) is 0 Å². The third kappa shape index (κ3) is 4.56. The van der Waals surface area contributed by atoms with Gasteiger partial charge in [0.1, 0.15) is 11.9 Å². The highest BCUT2D eigenvalue weighted by Crippen LogP contribution is 2.19. The molecular weight excluding hydrogens is 442 g/mol. The lowest BCUT2D eigenvalue weighted by molar-refractivity contribution is -0.116. The minimum Gasteiger partial charge on any atom is -0.325 e. The van der Waals surface area contributed by atoms with Crippen LogP contribution in [0.4, 0.5) is 5.69 Å². The first-order valence-corrected chi connectivity index (χ1v) is 10.7. The van der Waals surface area contributed by atoms with Crippen LogP contribution in [0.1, 0.15) is 25.3 Å². The van der Waals surface area contributed by atoms with Crippen molar-refractivity contribution < 1.29 is 4.79 Å². The van der Waals surface area contributed by atoms with Crippen molar-refractivity contribution in [3.05, 3.63) is 86.2 Å².